The lowest BCUT2D eigenvalue weighted by molar-refractivity contribution is 0.161. The third-order valence-corrected chi connectivity index (χ3v) is 5.18. The highest BCUT2D eigenvalue weighted by atomic mass is 19.1. The Balaban J connectivity index is 1.60. The predicted molar refractivity (Wildman–Crippen MR) is 102 cm³/mol. The molecule has 1 aromatic heterocycles. The second-order valence-corrected chi connectivity index (χ2v) is 8.44. The van der Waals surface area contributed by atoms with Crippen molar-refractivity contribution in [3.05, 3.63) is 63.6 Å². The highest BCUT2D eigenvalue weighted by Gasteiger charge is 2.22. The van der Waals surface area contributed by atoms with E-state index < -0.39 is 5.82 Å². The van der Waals surface area contributed by atoms with Crippen LogP contribution in [-0.4, -0.2) is 27.8 Å². The Hall–Kier alpha value is -2.08. The molecule has 0 spiro atoms. The van der Waals surface area contributed by atoms with Crippen LogP contribution in [0.1, 0.15) is 44.9 Å². The van der Waals surface area contributed by atoms with Gasteiger partial charge in [0.2, 0.25) is 0 Å². The Morgan fingerprint density at radius 2 is 1.81 bits per heavy atom. The number of halogens is 2. The number of benzene rings is 1. The van der Waals surface area contributed by atoms with Crippen molar-refractivity contribution >= 4 is 0 Å². The average molecular weight is 375 g/mol. The molecule has 1 aliphatic heterocycles. The van der Waals surface area contributed by atoms with Crippen LogP contribution in [-0.2, 0) is 18.5 Å². The zero-order valence-corrected chi connectivity index (χ0v) is 16.2. The Labute approximate surface area is 158 Å². The molecular formula is C21H27F2N3O. The number of rotatable bonds is 4. The Kier molecular flexibility index (Phi) is 5.75. The van der Waals surface area contributed by atoms with E-state index in [0.29, 0.717) is 24.6 Å². The fourth-order valence-corrected chi connectivity index (χ4v) is 3.46. The summed E-state index contributed by atoms with van der Waals surface area (Å²) in [4.78, 5) is 14.3. The summed E-state index contributed by atoms with van der Waals surface area (Å²) in [5.74, 6) is -0.419. The largest absolute Gasteiger partial charge is 0.299 e. The van der Waals surface area contributed by atoms with Crippen LogP contribution in [0.3, 0.4) is 0 Å². The Morgan fingerprint density at radius 1 is 1.11 bits per heavy atom. The second-order valence-electron chi connectivity index (χ2n) is 8.44. The van der Waals surface area contributed by atoms with E-state index in [4.69, 9.17) is 0 Å². The highest BCUT2D eigenvalue weighted by Crippen LogP contribution is 2.22. The van der Waals surface area contributed by atoms with E-state index in [-0.39, 0.29) is 16.8 Å². The summed E-state index contributed by atoms with van der Waals surface area (Å²) in [6.07, 6.45) is 1.82. The van der Waals surface area contributed by atoms with Crippen molar-refractivity contribution in [1.82, 2.24) is 14.7 Å². The Bertz CT molecular complexity index is 849. The van der Waals surface area contributed by atoms with Crippen LogP contribution >= 0.6 is 0 Å². The summed E-state index contributed by atoms with van der Waals surface area (Å²) in [6.45, 7) is 8.85. The van der Waals surface area contributed by atoms with Gasteiger partial charge < -0.3 is 0 Å². The molecule has 146 valence electrons. The minimum Gasteiger partial charge on any atom is -0.299 e. The van der Waals surface area contributed by atoms with E-state index in [1.165, 1.54) is 12.1 Å². The molecule has 1 saturated heterocycles. The van der Waals surface area contributed by atoms with Crippen molar-refractivity contribution in [2.24, 2.45) is 5.92 Å². The van der Waals surface area contributed by atoms with Crippen molar-refractivity contribution in [3.8, 4) is 0 Å². The summed E-state index contributed by atoms with van der Waals surface area (Å²) in [5.41, 5.74) is 1.12. The summed E-state index contributed by atoms with van der Waals surface area (Å²) in [6, 6.07) is 6.98. The molecule has 1 aliphatic rings. The lowest BCUT2D eigenvalue weighted by atomic mass is 9.92. The van der Waals surface area contributed by atoms with Crippen molar-refractivity contribution in [2.45, 2.75) is 52.1 Å². The van der Waals surface area contributed by atoms with Gasteiger partial charge in [0.05, 0.1) is 5.69 Å². The van der Waals surface area contributed by atoms with Gasteiger partial charge in [-0.3, -0.25) is 9.69 Å². The number of piperidine rings is 1. The highest BCUT2D eigenvalue weighted by molar-refractivity contribution is 5.18. The lowest BCUT2D eigenvalue weighted by Crippen LogP contribution is -2.37. The first kappa shape index (κ1) is 19.7. The molecule has 0 bridgehead atoms. The summed E-state index contributed by atoms with van der Waals surface area (Å²) < 4.78 is 28.7. The van der Waals surface area contributed by atoms with Crippen LogP contribution in [0, 0.1) is 17.6 Å². The van der Waals surface area contributed by atoms with E-state index in [1.54, 1.807) is 16.8 Å². The molecule has 0 amide bonds. The number of nitrogens with zero attached hydrogens (tertiary/aromatic N) is 3. The molecular weight excluding hydrogens is 348 g/mol. The minimum absolute atomic E-state index is 0.0766. The molecule has 27 heavy (non-hydrogen) atoms. The van der Waals surface area contributed by atoms with Gasteiger partial charge in [-0.25, -0.2) is 13.5 Å². The van der Waals surface area contributed by atoms with Crippen molar-refractivity contribution in [2.75, 3.05) is 13.1 Å². The molecule has 2 aromatic rings. The van der Waals surface area contributed by atoms with Crippen LogP contribution in [0.15, 0.2) is 35.1 Å². The quantitative estimate of drug-likeness (QED) is 0.817. The maximum absolute atomic E-state index is 13.8. The zero-order chi connectivity index (χ0) is 19.6. The second kappa shape index (κ2) is 7.89. The van der Waals surface area contributed by atoms with Crippen molar-refractivity contribution < 1.29 is 8.78 Å². The van der Waals surface area contributed by atoms with Gasteiger partial charge in [0, 0.05) is 30.1 Å². The summed E-state index contributed by atoms with van der Waals surface area (Å²) in [7, 11) is 0. The van der Waals surface area contributed by atoms with Gasteiger partial charge in [0.1, 0.15) is 11.6 Å². The van der Waals surface area contributed by atoms with Gasteiger partial charge in [-0.2, -0.15) is 5.10 Å². The number of aromatic nitrogens is 2. The standard InChI is InChI=1S/C21H27F2N3O/c1-21(2,3)19-6-7-20(27)26(24-19)13-15-8-10-25(11-9-15)14-16-12-17(22)4-5-18(16)23/h4-7,12,15H,8-11,13-14H2,1-3H3. The molecule has 1 aromatic carbocycles. The van der Waals surface area contributed by atoms with E-state index >= 15 is 0 Å². The smallest absolute Gasteiger partial charge is 0.266 e. The number of hydrogen-bond donors (Lipinski definition) is 0. The lowest BCUT2D eigenvalue weighted by Gasteiger charge is -2.32. The molecule has 1 fully saturated rings. The van der Waals surface area contributed by atoms with Gasteiger partial charge >= 0.3 is 0 Å². The van der Waals surface area contributed by atoms with Crippen molar-refractivity contribution in [3.63, 3.8) is 0 Å². The molecule has 0 radical (unpaired) electrons. The van der Waals surface area contributed by atoms with Gasteiger partial charge in [-0.15, -0.1) is 0 Å². The molecule has 4 nitrogen and oxygen atoms in total. The van der Waals surface area contributed by atoms with Crippen molar-refractivity contribution in [1.29, 1.82) is 0 Å². The first-order chi connectivity index (χ1) is 12.7. The predicted octanol–water partition coefficient (Wildman–Crippen LogP) is 3.73. The maximum atomic E-state index is 13.8. The zero-order valence-electron chi connectivity index (χ0n) is 16.2. The van der Waals surface area contributed by atoms with Crippen LogP contribution in [0.4, 0.5) is 8.78 Å². The fraction of sp³-hybridized carbons (Fsp3) is 0.524. The third kappa shape index (κ3) is 5.01. The SMILES string of the molecule is CC(C)(C)c1ccc(=O)n(CC2CCN(Cc3cc(F)ccc3F)CC2)n1. The first-order valence-electron chi connectivity index (χ1n) is 9.47. The van der Waals surface area contributed by atoms with Crippen LogP contribution < -0.4 is 5.56 Å². The van der Waals surface area contributed by atoms with Gasteiger partial charge in [0.25, 0.3) is 5.56 Å². The summed E-state index contributed by atoms with van der Waals surface area (Å²) >= 11 is 0. The van der Waals surface area contributed by atoms with Gasteiger partial charge in [-0.05, 0) is 56.1 Å². The minimum atomic E-state index is -0.412. The third-order valence-electron chi connectivity index (χ3n) is 5.18. The van der Waals surface area contributed by atoms with Crippen LogP contribution in [0.2, 0.25) is 0 Å². The van der Waals surface area contributed by atoms with E-state index in [1.807, 2.05) is 0 Å². The van der Waals surface area contributed by atoms with Gasteiger partial charge in [-0.1, -0.05) is 20.8 Å². The molecule has 2 heterocycles. The molecule has 0 unspecified atom stereocenters. The van der Waals surface area contributed by atoms with Gasteiger partial charge in [0.15, 0.2) is 0 Å². The molecule has 0 saturated carbocycles. The first-order valence-corrected chi connectivity index (χ1v) is 9.47. The fourth-order valence-electron chi connectivity index (χ4n) is 3.46. The number of likely N-dealkylation sites (tertiary alicyclic amines) is 1. The molecule has 0 N–H and O–H groups in total. The van der Waals surface area contributed by atoms with E-state index in [9.17, 15) is 13.6 Å². The van der Waals surface area contributed by atoms with Crippen LogP contribution in [0.5, 0.6) is 0 Å². The molecule has 6 heteroatoms. The number of hydrogen-bond acceptors (Lipinski definition) is 3. The molecule has 0 aliphatic carbocycles. The van der Waals surface area contributed by atoms with E-state index in [2.05, 4.69) is 30.8 Å². The average Bonchev–Trinajstić information content (AvgIpc) is 2.61. The van der Waals surface area contributed by atoms with E-state index in [0.717, 1.165) is 37.7 Å². The Morgan fingerprint density at radius 3 is 2.48 bits per heavy atom. The topological polar surface area (TPSA) is 38.1 Å². The monoisotopic (exact) mass is 375 g/mol. The summed E-state index contributed by atoms with van der Waals surface area (Å²) in [5, 5.41) is 4.55. The molecule has 0 atom stereocenters. The molecule has 3 rings (SSSR count). The normalized spacial score (nSPS) is 16.6. The van der Waals surface area contributed by atoms with Crippen LogP contribution in [0.25, 0.3) is 0 Å². The maximum Gasteiger partial charge on any atom is 0.266 e.